The second-order valence-corrected chi connectivity index (χ2v) is 9.57. The molecule has 0 radical (unpaired) electrons. The van der Waals surface area contributed by atoms with Gasteiger partial charge in [-0.25, -0.2) is 4.90 Å². The Labute approximate surface area is 221 Å². The Morgan fingerprint density at radius 2 is 1.05 bits per heavy atom. The predicted octanol–water partition coefficient (Wildman–Crippen LogP) is 6.73. The molecule has 6 rings (SSSR count). The number of carbonyl (C=O) groups is 2. The van der Waals surface area contributed by atoms with Gasteiger partial charge >= 0.3 is 0 Å². The van der Waals surface area contributed by atoms with Gasteiger partial charge in [0.25, 0.3) is 0 Å². The normalized spacial score (nSPS) is 22.3. The molecule has 4 aromatic carbocycles. The van der Waals surface area contributed by atoms with Crippen LogP contribution in [0.1, 0.15) is 23.0 Å². The fourth-order valence-corrected chi connectivity index (χ4v) is 5.68. The highest BCUT2D eigenvalue weighted by Crippen LogP contribution is 2.50. The minimum Gasteiger partial charge on any atom is -0.493 e. The van der Waals surface area contributed by atoms with E-state index < -0.39 is 11.8 Å². The number of imide groups is 1. The van der Waals surface area contributed by atoms with Crippen LogP contribution in [0, 0.1) is 11.8 Å². The van der Waals surface area contributed by atoms with Crippen LogP contribution in [0.15, 0.2) is 121 Å². The summed E-state index contributed by atoms with van der Waals surface area (Å²) in [5, 5.41) is 0. The van der Waals surface area contributed by atoms with E-state index in [1.165, 1.54) is 4.90 Å². The maximum atomic E-state index is 14.0. The molecule has 1 aliphatic heterocycles. The number of anilines is 1. The minimum absolute atomic E-state index is 0.169. The molecule has 0 N–H and O–H groups in total. The molecule has 1 aliphatic carbocycles. The van der Waals surface area contributed by atoms with Crippen molar-refractivity contribution < 1.29 is 19.1 Å². The summed E-state index contributed by atoms with van der Waals surface area (Å²) >= 11 is 0. The molecule has 1 saturated heterocycles. The Morgan fingerprint density at radius 1 is 0.579 bits per heavy atom. The second-order valence-electron chi connectivity index (χ2n) is 9.57. The van der Waals surface area contributed by atoms with E-state index in [9.17, 15) is 9.59 Å². The Bertz CT molecular complexity index is 1410. The van der Waals surface area contributed by atoms with Crippen molar-refractivity contribution in [2.24, 2.45) is 11.8 Å². The zero-order chi connectivity index (χ0) is 26.1. The number of allylic oxidation sites excluding steroid dienone is 2. The Hall–Kier alpha value is -4.64. The van der Waals surface area contributed by atoms with Crippen LogP contribution in [-0.2, 0) is 9.59 Å². The lowest BCUT2D eigenvalue weighted by atomic mass is 9.68. The third-order valence-electron chi connectivity index (χ3n) is 7.46. The molecular weight excluding hydrogens is 474 g/mol. The maximum absolute atomic E-state index is 14.0. The van der Waals surface area contributed by atoms with Crippen LogP contribution >= 0.6 is 0 Å². The second kappa shape index (κ2) is 10.0. The molecule has 0 aromatic heterocycles. The SMILES string of the molecule is COc1ccccc1Oc1ccc(N2C(=O)[C@H]3[C@H](C2=O)[C@H](c2ccccc2)C=C[C@@H]3c2ccccc2)cc1. The number of amides is 2. The van der Waals surface area contributed by atoms with Gasteiger partial charge in [0.15, 0.2) is 11.5 Å². The minimum atomic E-state index is -0.482. The molecule has 0 spiro atoms. The van der Waals surface area contributed by atoms with Gasteiger partial charge in [-0.2, -0.15) is 0 Å². The van der Waals surface area contributed by atoms with Crippen LogP contribution in [0.3, 0.4) is 0 Å². The fourth-order valence-electron chi connectivity index (χ4n) is 5.68. The Morgan fingerprint density at radius 3 is 1.55 bits per heavy atom. The van der Waals surface area contributed by atoms with Crippen molar-refractivity contribution in [2.45, 2.75) is 11.8 Å². The van der Waals surface area contributed by atoms with E-state index in [-0.39, 0.29) is 23.7 Å². The monoisotopic (exact) mass is 501 g/mol. The number of methoxy groups -OCH3 is 1. The van der Waals surface area contributed by atoms with E-state index in [1.54, 1.807) is 31.4 Å². The summed E-state index contributed by atoms with van der Waals surface area (Å²) in [5.74, 6) is 0.151. The molecular formula is C33H27NO4. The predicted molar refractivity (Wildman–Crippen MR) is 146 cm³/mol. The number of hydrogen-bond donors (Lipinski definition) is 0. The number of ether oxygens (including phenoxy) is 2. The zero-order valence-corrected chi connectivity index (χ0v) is 20.9. The average Bonchev–Trinajstić information content (AvgIpc) is 3.24. The first-order valence-electron chi connectivity index (χ1n) is 12.7. The van der Waals surface area contributed by atoms with E-state index in [4.69, 9.17) is 9.47 Å². The Kier molecular flexibility index (Phi) is 6.26. The lowest BCUT2D eigenvalue weighted by molar-refractivity contribution is -0.122. The van der Waals surface area contributed by atoms with E-state index in [1.807, 2.05) is 84.9 Å². The lowest BCUT2D eigenvalue weighted by Gasteiger charge is -2.32. The zero-order valence-electron chi connectivity index (χ0n) is 20.9. The van der Waals surface area contributed by atoms with Crippen molar-refractivity contribution in [3.63, 3.8) is 0 Å². The molecule has 2 aliphatic rings. The molecule has 0 bridgehead atoms. The molecule has 0 saturated carbocycles. The van der Waals surface area contributed by atoms with E-state index >= 15 is 0 Å². The van der Waals surface area contributed by atoms with Gasteiger partial charge in [-0.05, 0) is 47.5 Å². The van der Waals surface area contributed by atoms with Gasteiger partial charge in [0.1, 0.15) is 5.75 Å². The highest BCUT2D eigenvalue weighted by Gasteiger charge is 2.55. The van der Waals surface area contributed by atoms with Crippen molar-refractivity contribution in [3.05, 3.63) is 132 Å². The molecule has 1 heterocycles. The van der Waals surface area contributed by atoms with Crippen LogP contribution in [0.4, 0.5) is 5.69 Å². The highest BCUT2D eigenvalue weighted by molar-refractivity contribution is 6.23. The standard InChI is InChI=1S/C33H27NO4/c1-37-28-14-8-9-15-29(28)38-25-18-16-24(17-19-25)34-32(35)30-26(22-10-4-2-5-11-22)20-21-27(31(30)33(34)36)23-12-6-3-7-13-23/h2-21,26-27,30-31H,1H3/t26-,27+,30-,31-/m1/s1. The summed E-state index contributed by atoms with van der Waals surface area (Å²) in [4.78, 5) is 29.4. The molecule has 4 aromatic rings. The molecule has 5 nitrogen and oxygen atoms in total. The van der Waals surface area contributed by atoms with E-state index in [2.05, 4.69) is 12.2 Å². The number of fused-ring (bicyclic) bond motifs is 1. The van der Waals surface area contributed by atoms with Gasteiger partial charge in [0, 0.05) is 11.8 Å². The van der Waals surface area contributed by atoms with Crippen molar-refractivity contribution in [1.82, 2.24) is 0 Å². The number of rotatable bonds is 6. The summed E-state index contributed by atoms with van der Waals surface area (Å²) in [6.07, 6.45) is 4.21. The number of hydrogen-bond acceptors (Lipinski definition) is 4. The van der Waals surface area contributed by atoms with Crippen molar-refractivity contribution in [2.75, 3.05) is 12.0 Å². The van der Waals surface area contributed by atoms with Crippen molar-refractivity contribution in [1.29, 1.82) is 0 Å². The van der Waals surface area contributed by atoms with Crippen LogP contribution in [-0.4, -0.2) is 18.9 Å². The summed E-state index contributed by atoms with van der Waals surface area (Å²) in [6.45, 7) is 0. The highest BCUT2D eigenvalue weighted by atomic mass is 16.5. The van der Waals surface area contributed by atoms with Gasteiger partial charge in [-0.15, -0.1) is 0 Å². The summed E-state index contributed by atoms with van der Waals surface area (Å²) in [6, 6.07) is 34.4. The van der Waals surface area contributed by atoms with Crippen LogP contribution in [0.25, 0.3) is 0 Å². The van der Waals surface area contributed by atoms with Gasteiger partial charge in [0.05, 0.1) is 24.6 Å². The van der Waals surface area contributed by atoms with Crippen LogP contribution in [0.5, 0.6) is 17.2 Å². The van der Waals surface area contributed by atoms with Gasteiger partial charge in [0.2, 0.25) is 11.8 Å². The van der Waals surface area contributed by atoms with Crippen LogP contribution < -0.4 is 14.4 Å². The third kappa shape index (κ3) is 4.16. The number of benzene rings is 4. The number of carbonyl (C=O) groups excluding carboxylic acids is 2. The smallest absolute Gasteiger partial charge is 0.238 e. The molecule has 188 valence electrons. The summed E-state index contributed by atoms with van der Waals surface area (Å²) in [7, 11) is 1.59. The quantitative estimate of drug-likeness (QED) is 0.217. The van der Waals surface area contributed by atoms with E-state index in [0.717, 1.165) is 11.1 Å². The molecule has 0 unspecified atom stereocenters. The number of para-hydroxylation sites is 2. The van der Waals surface area contributed by atoms with Gasteiger partial charge < -0.3 is 9.47 Å². The molecule has 1 fully saturated rings. The molecule has 2 amide bonds. The average molecular weight is 502 g/mol. The van der Waals surface area contributed by atoms with Crippen molar-refractivity contribution in [3.8, 4) is 17.2 Å². The fraction of sp³-hybridized carbons (Fsp3) is 0.152. The van der Waals surface area contributed by atoms with Gasteiger partial charge in [-0.1, -0.05) is 84.9 Å². The van der Waals surface area contributed by atoms with Gasteiger partial charge in [-0.3, -0.25) is 9.59 Å². The van der Waals surface area contributed by atoms with E-state index in [0.29, 0.717) is 22.9 Å². The molecule has 4 atom stereocenters. The molecule has 5 heteroatoms. The first-order chi connectivity index (χ1) is 18.7. The molecule has 38 heavy (non-hydrogen) atoms. The van der Waals surface area contributed by atoms with Crippen LogP contribution in [0.2, 0.25) is 0 Å². The first-order valence-corrected chi connectivity index (χ1v) is 12.7. The van der Waals surface area contributed by atoms with Crippen molar-refractivity contribution >= 4 is 17.5 Å². The largest absolute Gasteiger partial charge is 0.493 e. The summed E-state index contributed by atoms with van der Waals surface area (Å²) < 4.78 is 11.4. The Balaban J connectivity index is 1.34. The number of nitrogens with zero attached hydrogens (tertiary/aromatic N) is 1. The third-order valence-corrected chi connectivity index (χ3v) is 7.46. The maximum Gasteiger partial charge on any atom is 0.238 e. The topological polar surface area (TPSA) is 55.8 Å². The summed E-state index contributed by atoms with van der Waals surface area (Å²) in [5.41, 5.74) is 2.61. The lowest BCUT2D eigenvalue weighted by Crippen LogP contribution is -2.31. The first kappa shape index (κ1) is 23.7.